The Hall–Kier alpha value is -2.24. The number of carbonyl (C=O) groups excluding carboxylic acids is 2. The van der Waals surface area contributed by atoms with Gasteiger partial charge in [-0.05, 0) is 66.4 Å². The Bertz CT molecular complexity index is 588. The van der Waals surface area contributed by atoms with E-state index in [1.54, 1.807) is 0 Å². The van der Waals surface area contributed by atoms with Crippen molar-refractivity contribution in [2.45, 2.75) is 78.0 Å². The molecular weight excluding hydrogens is 344 g/mol. The molecule has 0 aliphatic heterocycles. The second-order valence-electron chi connectivity index (χ2n) is 8.60. The molecule has 0 aliphatic rings. The van der Waals surface area contributed by atoms with Crippen LogP contribution in [0.5, 0.6) is 0 Å². The van der Waals surface area contributed by atoms with Gasteiger partial charge in [0, 0.05) is 12.6 Å². The van der Waals surface area contributed by atoms with E-state index < -0.39 is 23.4 Å². The summed E-state index contributed by atoms with van der Waals surface area (Å²) in [7, 11) is 0. The first-order valence-electron chi connectivity index (χ1n) is 9.45. The normalized spacial score (nSPS) is 12.8. The SMILES string of the molecule is CC(C)(C)OC(=O)NCCC[C@H](Cc1ccccc1)NC(=O)OC(C)(C)C. The lowest BCUT2D eigenvalue weighted by Crippen LogP contribution is -2.40. The number of nitrogens with one attached hydrogen (secondary N) is 2. The average Bonchev–Trinajstić information content (AvgIpc) is 2.48. The fourth-order valence-corrected chi connectivity index (χ4v) is 2.45. The second kappa shape index (κ2) is 10.2. The maximum Gasteiger partial charge on any atom is 0.407 e. The van der Waals surface area contributed by atoms with Gasteiger partial charge in [0.25, 0.3) is 0 Å². The maximum atomic E-state index is 12.1. The minimum atomic E-state index is -0.542. The molecule has 0 unspecified atom stereocenters. The number of carbonyl (C=O) groups is 2. The molecule has 27 heavy (non-hydrogen) atoms. The van der Waals surface area contributed by atoms with E-state index in [0.29, 0.717) is 25.8 Å². The summed E-state index contributed by atoms with van der Waals surface area (Å²) in [4.78, 5) is 23.8. The highest BCUT2D eigenvalue weighted by Crippen LogP contribution is 2.11. The fraction of sp³-hybridized carbons (Fsp3) is 0.619. The minimum absolute atomic E-state index is 0.0808. The lowest BCUT2D eigenvalue weighted by Gasteiger charge is -2.24. The standard InChI is InChI=1S/C21H34N2O4/c1-20(2,3)26-18(24)22-14-10-13-17(15-16-11-8-7-9-12-16)23-19(25)27-21(4,5)6/h7-9,11-12,17H,10,13-15H2,1-6H3,(H,22,24)(H,23,25)/t17-/m1/s1. The van der Waals surface area contributed by atoms with Crippen molar-refractivity contribution in [1.82, 2.24) is 10.6 Å². The molecule has 2 amide bonds. The molecule has 1 rings (SSSR count). The van der Waals surface area contributed by atoms with Gasteiger partial charge in [-0.15, -0.1) is 0 Å². The predicted octanol–water partition coefficient (Wildman–Crippen LogP) is 4.43. The van der Waals surface area contributed by atoms with Crippen LogP contribution in [-0.4, -0.2) is 36.0 Å². The summed E-state index contributed by atoms with van der Waals surface area (Å²) >= 11 is 0. The van der Waals surface area contributed by atoms with Crippen LogP contribution in [-0.2, 0) is 15.9 Å². The van der Waals surface area contributed by atoms with Crippen molar-refractivity contribution < 1.29 is 19.1 Å². The van der Waals surface area contributed by atoms with Crippen molar-refractivity contribution in [1.29, 1.82) is 0 Å². The van der Waals surface area contributed by atoms with E-state index in [0.717, 1.165) is 5.56 Å². The molecule has 2 N–H and O–H groups in total. The van der Waals surface area contributed by atoms with Crippen LogP contribution in [0.1, 0.15) is 59.9 Å². The number of ether oxygens (including phenoxy) is 2. The summed E-state index contributed by atoms with van der Waals surface area (Å²) in [5.74, 6) is 0. The lowest BCUT2D eigenvalue weighted by molar-refractivity contribution is 0.0488. The van der Waals surface area contributed by atoms with Crippen molar-refractivity contribution in [3.8, 4) is 0 Å². The number of alkyl carbamates (subject to hydrolysis) is 2. The average molecular weight is 379 g/mol. The van der Waals surface area contributed by atoms with Gasteiger partial charge < -0.3 is 20.1 Å². The van der Waals surface area contributed by atoms with Gasteiger partial charge in [0.1, 0.15) is 11.2 Å². The Morgan fingerprint density at radius 3 is 2.04 bits per heavy atom. The van der Waals surface area contributed by atoms with E-state index >= 15 is 0 Å². The molecule has 0 saturated carbocycles. The first-order valence-corrected chi connectivity index (χ1v) is 9.45. The summed E-state index contributed by atoms with van der Waals surface area (Å²) in [6.45, 7) is 11.5. The van der Waals surface area contributed by atoms with Crippen molar-refractivity contribution in [3.63, 3.8) is 0 Å². The number of benzene rings is 1. The zero-order valence-corrected chi connectivity index (χ0v) is 17.4. The molecule has 152 valence electrons. The van der Waals surface area contributed by atoms with Crippen LogP contribution in [0.4, 0.5) is 9.59 Å². The Morgan fingerprint density at radius 1 is 0.926 bits per heavy atom. The van der Waals surface area contributed by atoms with Gasteiger partial charge >= 0.3 is 12.2 Å². The van der Waals surface area contributed by atoms with Crippen LogP contribution < -0.4 is 10.6 Å². The Morgan fingerprint density at radius 2 is 1.48 bits per heavy atom. The van der Waals surface area contributed by atoms with Gasteiger partial charge in [-0.1, -0.05) is 30.3 Å². The van der Waals surface area contributed by atoms with Gasteiger partial charge in [-0.3, -0.25) is 0 Å². The highest BCUT2D eigenvalue weighted by atomic mass is 16.6. The number of hydrogen-bond donors (Lipinski definition) is 2. The van der Waals surface area contributed by atoms with Crippen molar-refractivity contribution in [2.24, 2.45) is 0 Å². The molecule has 0 bridgehead atoms. The van der Waals surface area contributed by atoms with Crippen LogP contribution in [0.15, 0.2) is 30.3 Å². The Balaban J connectivity index is 2.53. The number of rotatable bonds is 7. The topological polar surface area (TPSA) is 76.7 Å². The molecule has 0 radical (unpaired) electrons. The zero-order valence-electron chi connectivity index (χ0n) is 17.4. The van der Waals surface area contributed by atoms with E-state index in [9.17, 15) is 9.59 Å². The summed E-state index contributed by atoms with van der Waals surface area (Å²) in [6.07, 6.45) is 1.27. The third kappa shape index (κ3) is 11.9. The highest BCUT2D eigenvalue weighted by molar-refractivity contribution is 5.68. The Labute approximate surface area is 163 Å². The van der Waals surface area contributed by atoms with E-state index in [1.165, 1.54) is 0 Å². The summed E-state index contributed by atoms with van der Waals surface area (Å²) in [6, 6.07) is 9.90. The van der Waals surface area contributed by atoms with Crippen molar-refractivity contribution >= 4 is 12.2 Å². The molecule has 6 heteroatoms. The molecule has 0 fully saturated rings. The zero-order chi connectivity index (χ0) is 20.5. The molecule has 1 aromatic rings. The van der Waals surface area contributed by atoms with Gasteiger partial charge in [-0.25, -0.2) is 9.59 Å². The van der Waals surface area contributed by atoms with Crippen LogP contribution in [0.2, 0.25) is 0 Å². The smallest absolute Gasteiger partial charge is 0.407 e. The third-order valence-corrected chi connectivity index (χ3v) is 3.44. The minimum Gasteiger partial charge on any atom is -0.444 e. The van der Waals surface area contributed by atoms with Crippen LogP contribution >= 0.6 is 0 Å². The third-order valence-electron chi connectivity index (χ3n) is 3.44. The largest absolute Gasteiger partial charge is 0.444 e. The monoisotopic (exact) mass is 378 g/mol. The van der Waals surface area contributed by atoms with Gasteiger partial charge in [0.2, 0.25) is 0 Å². The molecular formula is C21H34N2O4. The second-order valence-corrected chi connectivity index (χ2v) is 8.60. The lowest BCUT2D eigenvalue weighted by atomic mass is 10.0. The summed E-state index contributed by atoms with van der Waals surface area (Å²) in [5, 5.41) is 5.69. The first-order chi connectivity index (χ1) is 12.4. The molecule has 0 aromatic heterocycles. The van der Waals surface area contributed by atoms with Crippen LogP contribution in [0.25, 0.3) is 0 Å². The van der Waals surface area contributed by atoms with Crippen LogP contribution in [0, 0.1) is 0 Å². The highest BCUT2D eigenvalue weighted by Gasteiger charge is 2.20. The Kier molecular flexibility index (Phi) is 8.60. The van der Waals surface area contributed by atoms with E-state index in [1.807, 2.05) is 71.9 Å². The molecule has 6 nitrogen and oxygen atoms in total. The number of hydrogen-bond acceptors (Lipinski definition) is 4. The molecule has 0 heterocycles. The summed E-state index contributed by atoms with van der Waals surface area (Å²) in [5.41, 5.74) is 0.0800. The van der Waals surface area contributed by atoms with E-state index in [-0.39, 0.29) is 6.04 Å². The fourth-order valence-electron chi connectivity index (χ4n) is 2.45. The molecule has 1 atom stereocenters. The maximum absolute atomic E-state index is 12.1. The predicted molar refractivity (Wildman–Crippen MR) is 107 cm³/mol. The van der Waals surface area contributed by atoms with E-state index in [4.69, 9.17) is 9.47 Å². The first kappa shape index (κ1) is 22.8. The van der Waals surface area contributed by atoms with Crippen molar-refractivity contribution in [2.75, 3.05) is 6.54 Å². The van der Waals surface area contributed by atoms with Gasteiger partial charge in [0.15, 0.2) is 0 Å². The molecule has 0 spiro atoms. The van der Waals surface area contributed by atoms with E-state index in [2.05, 4.69) is 10.6 Å². The van der Waals surface area contributed by atoms with Gasteiger partial charge in [0.05, 0.1) is 0 Å². The van der Waals surface area contributed by atoms with Crippen LogP contribution in [0.3, 0.4) is 0 Å². The molecule has 0 saturated heterocycles. The van der Waals surface area contributed by atoms with Gasteiger partial charge in [-0.2, -0.15) is 0 Å². The summed E-state index contributed by atoms with van der Waals surface area (Å²) < 4.78 is 10.6. The van der Waals surface area contributed by atoms with Crippen molar-refractivity contribution in [3.05, 3.63) is 35.9 Å². The molecule has 1 aromatic carbocycles. The number of amides is 2. The molecule has 0 aliphatic carbocycles. The quantitative estimate of drug-likeness (QED) is 0.688.